The highest BCUT2D eigenvalue weighted by Crippen LogP contribution is 2.31. The van der Waals surface area contributed by atoms with Crippen LogP contribution in [0, 0.1) is 0 Å². The standard InChI is InChI=1S/C22H25N2OS/c1-17(25)26-22-9-5-4-8-21(22)24-16-6-7-20(24)15-12-18-10-13-19(14-11-18)23(2)3/h4-5,8-15H,6-7,16H2,1-3H3/q+1. The van der Waals surface area contributed by atoms with Crippen molar-refractivity contribution >= 4 is 40.0 Å². The molecule has 0 saturated heterocycles. The van der Waals surface area contributed by atoms with Gasteiger partial charge in [0.1, 0.15) is 6.54 Å². The lowest BCUT2D eigenvalue weighted by Gasteiger charge is -2.11. The van der Waals surface area contributed by atoms with Gasteiger partial charge in [0.25, 0.3) is 0 Å². The Morgan fingerprint density at radius 1 is 1.08 bits per heavy atom. The maximum atomic E-state index is 11.6. The van der Waals surface area contributed by atoms with E-state index in [9.17, 15) is 4.79 Å². The van der Waals surface area contributed by atoms with Crippen molar-refractivity contribution in [3.05, 3.63) is 60.2 Å². The van der Waals surface area contributed by atoms with Gasteiger partial charge in [-0.2, -0.15) is 4.58 Å². The maximum absolute atomic E-state index is 11.6. The molecule has 0 aromatic heterocycles. The molecular formula is C22H25N2OS+. The van der Waals surface area contributed by atoms with Crippen molar-refractivity contribution < 1.29 is 9.37 Å². The third-order valence-electron chi connectivity index (χ3n) is 4.45. The van der Waals surface area contributed by atoms with Crippen molar-refractivity contribution in [3.8, 4) is 0 Å². The molecule has 3 rings (SSSR count). The van der Waals surface area contributed by atoms with E-state index in [0.29, 0.717) is 0 Å². The third-order valence-corrected chi connectivity index (χ3v) is 5.30. The Morgan fingerprint density at radius 3 is 2.50 bits per heavy atom. The second-order valence-electron chi connectivity index (χ2n) is 6.63. The van der Waals surface area contributed by atoms with Crippen LogP contribution < -0.4 is 4.90 Å². The Balaban J connectivity index is 1.88. The largest absolute Gasteiger partial charge is 0.378 e. The highest BCUT2D eigenvalue weighted by Gasteiger charge is 2.25. The van der Waals surface area contributed by atoms with Gasteiger partial charge in [-0.15, -0.1) is 0 Å². The van der Waals surface area contributed by atoms with Crippen LogP contribution in [0.4, 0.5) is 11.4 Å². The van der Waals surface area contributed by atoms with Crippen LogP contribution in [-0.4, -0.2) is 36.0 Å². The molecule has 134 valence electrons. The number of carbonyl (C=O) groups excluding carboxylic acids is 1. The first-order valence-corrected chi connectivity index (χ1v) is 9.72. The quantitative estimate of drug-likeness (QED) is 0.551. The number of thioether (sulfide) groups is 1. The minimum absolute atomic E-state index is 0.120. The van der Waals surface area contributed by atoms with Crippen molar-refractivity contribution in [1.82, 2.24) is 0 Å². The molecule has 0 aliphatic carbocycles. The summed E-state index contributed by atoms with van der Waals surface area (Å²) in [5.74, 6) is 0. The molecule has 1 aliphatic rings. The van der Waals surface area contributed by atoms with Gasteiger partial charge in [0, 0.05) is 51.7 Å². The number of hydrogen-bond acceptors (Lipinski definition) is 3. The van der Waals surface area contributed by atoms with E-state index in [2.05, 4.69) is 52.0 Å². The van der Waals surface area contributed by atoms with Gasteiger partial charge in [-0.1, -0.05) is 24.3 Å². The van der Waals surface area contributed by atoms with Gasteiger partial charge in [-0.3, -0.25) is 4.79 Å². The lowest BCUT2D eigenvalue weighted by atomic mass is 10.1. The van der Waals surface area contributed by atoms with Crippen LogP contribution in [-0.2, 0) is 4.79 Å². The van der Waals surface area contributed by atoms with Gasteiger partial charge < -0.3 is 4.90 Å². The van der Waals surface area contributed by atoms with Gasteiger partial charge >= 0.3 is 0 Å². The summed E-state index contributed by atoms with van der Waals surface area (Å²) in [7, 11) is 4.10. The zero-order valence-corrected chi connectivity index (χ0v) is 16.4. The predicted octanol–water partition coefficient (Wildman–Crippen LogP) is 4.98. The minimum atomic E-state index is 0.120. The van der Waals surface area contributed by atoms with E-state index in [4.69, 9.17) is 0 Å². The Hall–Kier alpha value is -2.33. The summed E-state index contributed by atoms with van der Waals surface area (Å²) in [5.41, 5.74) is 4.83. The molecule has 0 saturated carbocycles. The normalized spacial score (nSPS) is 14.3. The van der Waals surface area contributed by atoms with Gasteiger partial charge in [-0.05, 0) is 41.6 Å². The van der Waals surface area contributed by atoms with Crippen molar-refractivity contribution in [3.63, 3.8) is 0 Å². The number of nitrogens with zero attached hydrogens (tertiary/aromatic N) is 2. The maximum Gasteiger partial charge on any atom is 0.219 e. The molecule has 0 unspecified atom stereocenters. The second kappa shape index (κ2) is 8.37. The molecule has 0 fully saturated rings. The molecule has 26 heavy (non-hydrogen) atoms. The number of allylic oxidation sites excluding steroid dienone is 1. The van der Waals surface area contributed by atoms with E-state index in [-0.39, 0.29) is 5.12 Å². The van der Waals surface area contributed by atoms with Gasteiger partial charge in [0.15, 0.2) is 10.8 Å². The molecule has 2 aromatic carbocycles. The number of anilines is 1. The zero-order valence-electron chi connectivity index (χ0n) is 15.6. The first-order chi connectivity index (χ1) is 12.5. The molecule has 0 N–H and O–H groups in total. The highest BCUT2D eigenvalue weighted by atomic mass is 32.2. The molecule has 3 nitrogen and oxygen atoms in total. The van der Waals surface area contributed by atoms with Crippen LogP contribution in [0.5, 0.6) is 0 Å². The summed E-state index contributed by atoms with van der Waals surface area (Å²) in [4.78, 5) is 14.7. The summed E-state index contributed by atoms with van der Waals surface area (Å²) in [6.45, 7) is 2.61. The fourth-order valence-electron chi connectivity index (χ4n) is 3.14. The summed E-state index contributed by atoms with van der Waals surface area (Å²) in [6, 6.07) is 16.7. The average Bonchev–Trinajstić information content (AvgIpc) is 3.08. The Labute approximate surface area is 160 Å². The Bertz CT molecular complexity index is 851. The topological polar surface area (TPSA) is 23.3 Å². The molecule has 4 heteroatoms. The highest BCUT2D eigenvalue weighted by molar-refractivity contribution is 8.13. The molecule has 0 radical (unpaired) electrons. The van der Waals surface area contributed by atoms with Crippen LogP contribution in [0.1, 0.15) is 25.3 Å². The number of hydrogen-bond donors (Lipinski definition) is 0. The molecule has 0 atom stereocenters. The Morgan fingerprint density at radius 2 is 1.81 bits per heavy atom. The van der Waals surface area contributed by atoms with E-state index in [1.807, 2.05) is 32.3 Å². The molecule has 0 bridgehead atoms. The lowest BCUT2D eigenvalue weighted by Crippen LogP contribution is -2.09. The monoisotopic (exact) mass is 365 g/mol. The SMILES string of the molecule is CC(=O)Sc1ccccc1[N+]1=C(C=Cc2ccc(N(C)C)cc2)CCC1. The lowest BCUT2D eigenvalue weighted by molar-refractivity contribution is -0.433. The van der Waals surface area contributed by atoms with E-state index in [1.54, 1.807) is 6.92 Å². The van der Waals surface area contributed by atoms with Gasteiger partial charge in [0.2, 0.25) is 5.69 Å². The smallest absolute Gasteiger partial charge is 0.219 e. The zero-order chi connectivity index (χ0) is 18.5. The second-order valence-corrected chi connectivity index (χ2v) is 7.85. The van der Waals surface area contributed by atoms with E-state index in [0.717, 1.165) is 30.0 Å². The molecular weight excluding hydrogens is 340 g/mol. The fourth-order valence-corrected chi connectivity index (χ4v) is 3.88. The third kappa shape index (κ3) is 4.44. The van der Waals surface area contributed by atoms with Crippen molar-refractivity contribution in [2.75, 3.05) is 25.5 Å². The molecule has 1 heterocycles. The number of rotatable bonds is 5. The van der Waals surface area contributed by atoms with Crippen LogP contribution in [0.25, 0.3) is 6.08 Å². The van der Waals surface area contributed by atoms with Gasteiger partial charge in [0.05, 0.1) is 4.90 Å². The van der Waals surface area contributed by atoms with Crippen molar-refractivity contribution in [2.24, 2.45) is 0 Å². The molecule has 0 amide bonds. The van der Waals surface area contributed by atoms with Gasteiger partial charge in [-0.25, -0.2) is 0 Å². The predicted molar refractivity (Wildman–Crippen MR) is 112 cm³/mol. The number of carbonyl (C=O) groups is 1. The summed E-state index contributed by atoms with van der Waals surface area (Å²) in [5, 5.41) is 0.120. The number of benzene rings is 2. The van der Waals surface area contributed by atoms with Crippen molar-refractivity contribution in [2.45, 2.75) is 24.7 Å². The van der Waals surface area contributed by atoms with Crippen LogP contribution in [0.3, 0.4) is 0 Å². The first-order valence-electron chi connectivity index (χ1n) is 8.91. The Kier molecular flexibility index (Phi) is 5.94. The summed E-state index contributed by atoms with van der Waals surface area (Å²) in [6.07, 6.45) is 6.59. The van der Waals surface area contributed by atoms with Crippen LogP contribution >= 0.6 is 11.8 Å². The average molecular weight is 366 g/mol. The summed E-state index contributed by atoms with van der Waals surface area (Å²) < 4.78 is 2.34. The molecule has 0 spiro atoms. The number of para-hydroxylation sites is 1. The molecule has 1 aliphatic heterocycles. The van der Waals surface area contributed by atoms with E-state index < -0.39 is 0 Å². The van der Waals surface area contributed by atoms with E-state index >= 15 is 0 Å². The minimum Gasteiger partial charge on any atom is -0.378 e. The fraction of sp³-hybridized carbons (Fsp3) is 0.273. The van der Waals surface area contributed by atoms with Crippen LogP contribution in [0.15, 0.2) is 59.5 Å². The van der Waals surface area contributed by atoms with E-state index in [1.165, 1.54) is 28.7 Å². The van der Waals surface area contributed by atoms with Crippen LogP contribution in [0.2, 0.25) is 0 Å². The summed E-state index contributed by atoms with van der Waals surface area (Å²) >= 11 is 1.31. The molecule has 2 aromatic rings. The van der Waals surface area contributed by atoms with Crippen molar-refractivity contribution in [1.29, 1.82) is 0 Å². The first kappa shape index (κ1) is 18.5.